The average molecular weight is 297 g/mol. The Balaban J connectivity index is 2.58. The number of carboxylic acids is 1. The van der Waals surface area contributed by atoms with E-state index in [9.17, 15) is 4.79 Å². The molecule has 0 saturated carbocycles. The fourth-order valence-electron chi connectivity index (χ4n) is 1.69. The van der Waals surface area contributed by atoms with Crippen LogP contribution in [0.15, 0.2) is 30.3 Å². The molecule has 0 saturated heterocycles. The van der Waals surface area contributed by atoms with Crippen LogP contribution in [0, 0.1) is 0 Å². The summed E-state index contributed by atoms with van der Waals surface area (Å²) in [5, 5.41) is 9.62. The second-order valence-corrected chi connectivity index (χ2v) is 4.72. The van der Waals surface area contributed by atoms with Gasteiger partial charge >= 0.3 is 5.97 Å². The van der Waals surface area contributed by atoms with Gasteiger partial charge < -0.3 is 10.8 Å². The summed E-state index contributed by atoms with van der Waals surface area (Å²) in [6.45, 7) is 0. The van der Waals surface area contributed by atoms with Crippen LogP contribution in [-0.4, -0.2) is 16.1 Å². The predicted octanol–water partition coefficient (Wildman–Crippen LogP) is 3.26. The standard InChI is InChI=1S/C13H10Cl2N2O2/c14-8-2-1-3-9(15)12(8)13-10(16)5-4-7(17-13)6-11(18)19/h1-5H,6,16H2,(H,18,19). The third kappa shape index (κ3) is 2.97. The van der Waals surface area contributed by atoms with Crippen molar-refractivity contribution in [3.8, 4) is 11.3 Å². The quantitative estimate of drug-likeness (QED) is 0.911. The molecule has 1 heterocycles. The van der Waals surface area contributed by atoms with Crippen LogP contribution in [0.25, 0.3) is 11.3 Å². The highest BCUT2D eigenvalue weighted by Crippen LogP contribution is 2.36. The van der Waals surface area contributed by atoms with Gasteiger partial charge in [0.15, 0.2) is 0 Å². The number of aromatic nitrogens is 1. The largest absolute Gasteiger partial charge is 0.481 e. The molecule has 0 aliphatic carbocycles. The van der Waals surface area contributed by atoms with Gasteiger partial charge in [-0.15, -0.1) is 0 Å². The molecule has 1 aromatic heterocycles. The van der Waals surface area contributed by atoms with E-state index in [-0.39, 0.29) is 6.42 Å². The monoisotopic (exact) mass is 296 g/mol. The Hall–Kier alpha value is -1.78. The first kappa shape index (κ1) is 13.6. The molecule has 98 valence electrons. The summed E-state index contributed by atoms with van der Waals surface area (Å²) < 4.78 is 0. The molecule has 0 amide bonds. The van der Waals surface area contributed by atoms with Crippen LogP contribution in [0.3, 0.4) is 0 Å². The lowest BCUT2D eigenvalue weighted by Crippen LogP contribution is -2.04. The zero-order valence-corrected chi connectivity index (χ0v) is 11.2. The van der Waals surface area contributed by atoms with Gasteiger partial charge in [0, 0.05) is 5.56 Å². The molecule has 0 aliphatic rings. The molecular formula is C13H10Cl2N2O2. The number of anilines is 1. The number of carbonyl (C=O) groups is 1. The maximum Gasteiger partial charge on any atom is 0.309 e. The molecule has 0 radical (unpaired) electrons. The summed E-state index contributed by atoms with van der Waals surface area (Å²) in [4.78, 5) is 14.9. The van der Waals surface area contributed by atoms with Gasteiger partial charge in [-0.3, -0.25) is 4.79 Å². The minimum absolute atomic E-state index is 0.185. The van der Waals surface area contributed by atoms with Crippen LogP contribution in [0.5, 0.6) is 0 Å². The van der Waals surface area contributed by atoms with E-state index in [0.717, 1.165) is 0 Å². The van der Waals surface area contributed by atoms with Crippen molar-refractivity contribution in [1.29, 1.82) is 0 Å². The highest BCUT2D eigenvalue weighted by atomic mass is 35.5. The number of nitrogens with zero attached hydrogens (tertiary/aromatic N) is 1. The first-order valence-electron chi connectivity index (χ1n) is 5.40. The Morgan fingerprint density at radius 3 is 2.42 bits per heavy atom. The van der Waals surface area contributed by atoms with Crippen molar-refractivity contribution in [3.05, 3.63) is 46.1 Å². The SMILES string of the molecule is Nc1ccc(CC(=O)O)nc1-c1c(Cl)cccc1Cl. The lowest BCUT2D eigenvalue weighted by Gasteiger charge is -2.10. The van der Waals surface area contributed by atoms with Crippen molar-refractivity contribution in [3.63, 3.8) is 0 Å². The molecule has 3 N–H and O–H groups in total. The number of hydrogen-bond donors (Lipinski definition) is 2. The van der Waals surface area contributed by atoms with Crippen LogP contribution < -0.4 is 5.73 Å². The Morgan fingerprint density at radius 2 is 1.84 bits per heavy atom. The number of rotatable bonds is 3. The molecule has 2 aromatic rings. The number of benzene rings is 1. The van der Waals surface area contributed by atoms with Gasteiger partial charge in [-0.1, -0.05) is 29.3 Å². The number of hydrogen-bond acceptors (Lipinski definition) is 3. The summed E-state index contributed by atoms with van der Waals surface area (Å²) in [6, 6.07) is 8.23. The highest BCUT2D eigenvalue weighted by molar-refractivity contribution is 6.39. The molecule has 4 nitrogen and oxygen atoms in total. The Kier molecular flexibility index (Phi) is 3.93. The van der Waals surface area contributed by atoms with E-state index < -0.39 is 5.97 Å². The topological polar surface area (TPSA) is 76.2 Å². The van der Waals surface area contributed by atoms with Crippen LogP contribution >= 0.6 is 23.2 Å². The zero-order valence-electron chi connectivity index (χ0n) is 9.73. The minimum Gasteiger partial charge on any atom is -0.481 e. The van der Waals surface area contributed by atoms with Crippen LogP contribution in [0.4, 0.5) is 5.69 Å². The van der Waals surface area contributed by atoms with Crippen molar-refractivity contribution in [1.82, 2.24) is 4.98 Å². The Bertz CT molecular complexity index is 624. The molecule has 0 unspecified atom stereocenters. The van der Waals surface area contributed by atoms with E-state index in [1.807, 2.05) is 0 Å². The third-order valence-corrected chi connectivity index (χ3v) is 3.15. The van der Waals surface area contributed by atoms with Crippen LogP contribution in [0.1, 0.15) is 5.69 Å². The average Bonchev–Trinajstić information content (AvgIpc) is 2.32. The number of halogens is 2. The molecule has 0 spiro atoms. The molecule has 1 aromatic carbocycles. The highest BCUT2D eigenvalue weighted by Gasteiger charge is 2.14. The summed E-state index contributed by atoms with van der Waals surface area (Å²) >= 11 is 12.2. The van der Waals surface area contributed by atoms with Crippen molar-refractivity contribution in [2.75, 3.05) is 5.73 Å². The molecular weight excluding hydrogens is 287 g/mol. The van der Waals surface area contributed by atoms with E-state index in [1.165, 1.54) is 0 Å². The molecule has 2 rings (SSSR count). The smallest absolute Gasteiger partial charge is 0.309 e. The number of nitrogens with two attached hydrogens (primary N) is 1. The minimum atomic E-state index is -0.964. The maximum atomic E-state index is 10.7. The first-order chi connectivity index (χ1) is 8.99. The number of carboxylic acid groups (broad SMARTS) is 1. The normalized spacial score (nSPS) is 10.4. The second kappa shape index (κ2) is 5.47. The predicted molar refractivity (Wildman–Crippen MR) is 75.4 cm³/mol. The summed E-state index contributed by atoms with van der Waals surface area (Å²) in [5.74, 6) is -0.964. The Morgan fingerprint density at radius 1 is 1.21 bits per heavy atom. The van der Waals surface area contributed by atoms with Crippen LogP contribution in [0.2, 0.25) is 10.0 Å². The summed E-state index contributed by atoms with van der Waals surface area (Å²) in [7, 11) is 0. The second-order valence-electron chi connectivity index (χ2n) is 3.91. The molecule has 6 heteroatoms. The van der Waals surface area contributed by atoms with Gasteiger partial charge in [-0.25, -0.2) is 4.98 Å². The van der Waals surface area contributed by atoms with E-state index in [0.29, 0.717) is 32.7 Å². The van der Waals surface area contributed by atoms with Gasteiger partial charge in [-0.2, -0.15) is 0 Å². The van der Waals surface area contributed by atoms with Gasteiger partial charge in [0.2, 0.25) is 0 Å². The molecule has 0 atom stereocenters. The zero-order chi connectivity index (χ0) is 14.0. The van der Waals surface area contributed by atoms with E-state index in [2.05, 4.69) is 4.98 Å². The van der Waals surface area contributed by atoms with E-state index in [1.54, 1.807) is 30.3 Å². The van der Waals surface area contributed by atoms with E-state index >= 15 is 0 Å². The van der Waals surface area contributed by atoms with Gasteiger partial charge in [0.25, 0.3) is 0 Å². The van der Waals surface area contributed by atoms with Crippen molar-refractivity contribution in [2.24, 2.45) is 0 Å². The molecule has 0 bridgehead atoms. The number of aliphatic carboxylic acids is 1. The van der Waals surface area contributed by atoms with Crippen molar-refractivity contribution >= 4 is 34.9 Å². The molecule has 19 heavy (non-hydrogen) atoms. The number of nitrogen functional groups attached to an aromatic ring is 1. The summed E-state index contributed by atoms with van der Waals surface area (Å²) in [5.41, 5.74) is 7.56. The number of pyridine rings is 1. The fraction of sp³-hybridized carbons (Fsp3) is 0.0769. The van der Waals surface area contributed by atoms with Gasteiger partial charge in [0.05, 0.1) is 33.5 Å². The summed E-state index contributed by atoms with van der Waals surface area (Å²) in [6.07, 6.45) is -0.185. The van der Waals surface area contributed by atoms with Crippen molar-refractivity contribution < 1.29 is 9.90 Å². The first-order valence-corrected chi connectivity index (χ1v) is 6.16. The van der Waals surface area contributed by atoms with Crippen molar-refractivity contribution in [2.45, 2.75) is 6.42 Å². The lowest BCUT2D eigenvalue weighted by molar-refractivity contribution is -0.136. The van der Waals surface area contributed by atoms with E-state index in [4.69, 9.17) is 34.0 Å². The van der Waals surface area contributed by atoms with Crippen LogP contribution in [-0.2, 0) is 11.2 Å². The third-order valence-electron chi connectivity index (χ3n) is 2.52. The van der Waals surface area contributed by atoms with Gasteiger partial charge in [-0.05, 0) is 24.3 Å². The maximum absolute atomic E-state index is 10.7. The lowest BCUT2D eigenvalue weighted by atomic mass is 10.1. The molecule has 0 aliphatic heterocycles. The fourth-order valence-corrected chi connectivity index (χ4v) is 2.26. The Labute approximate surface area is 119 Å². The molecule has 0 fully saturated rings. The van der Waals surface area contributed by atoms with Gasteiger partial charge in [0.1, 0.15) is 0 Å².